The number of piperidine rings is 1. The van der Waals surface area contributed by atoms with E-state index in [1.165, 1.54) is 48.7 Å². The summed E-state index contributed by atoms with van der Waals surface area (Å²) in [5, 5.41) is 4.60. The van der Waals surface area contributed by atoms with Gasteiger partial charge < -0.3 is 15.0 Å². The lowest BCUT2D eigenvalue weighted by molar-refractivity contribution is 0.199. The van der Waals surface area contributed by atoms with Crippen molar-refractivity contribution in [3.8, 4) is 0 Å². The molecule has 2 rings (SSSR count). The molecule has 114 valence electrons. The fourth-order valence-electron chi connectivity index (χ4n) is 2.78. The van der Waals surface area contributed by atoms with Gasteiger partial charge in [-0.3, -0.25) is 0 Å². The Morgan fingerprint density at radius 2 is 2.40 bits per heavy atom. The number of hydrogen-bond acceptors (Lipinski definition) is 5. The summed E-state index contributed by atoms with van der Waals surface area (Å²) in [6.07, 6.45) is 8.59. The highest BCUT2D eigenvalue weighted by molar-refractivity contribution is 7.15. The molecule has 0 saturated carbocycles. The maximum Gasteiger partial charge on any atom is 0.185 e. The van der Waals surface area contributed by atoms with Crippen LogP contribution in [0, 0.1) is 0 Å². The van der Waals surface area contributed by atoms with Crippen LogP contribution < -0.4 is 10.2 Å². The van der Waals surface area contributed by atoms with E-state index in [1.54, 1.807) is 7.11 Å². The summed E-state index contributed by atoms with van der Waals surface area (Å²) in [4.78, 5) is 8.50. The van der Waals surface area contributed by atoms with Crippen molar-refractivity contribution in [1.29, 1.82) is 0 Å². The van der Waals surface area contributed by atoms with Crippen LogP contribution in [0.4, 0.5) is 5.13 Å². The van der Waals surface area contributed by atoms with Gasteiger partial charge in [0.2, 0.25) is 0 Å². The van der Waals surface area contributed by atoms with Gasteiger partial charge in [0.1, 0.15) is 0 Å². The quantitative estimate of drug-likeness (QED) is 0.748. The topological polar surface area (TPSA) is 37.4 Å². The fraction of sp³-hybridized carbons (Fsp3) is 0.800. The lowest BCUT2D eigenvalue weighted by Gasteiger charge is -2.35. The van der Waals surface area contributed by atoms with E-state index in [1.807, 2.05) is 17.5 Å². The molecule has 1 aromatic rings. The average molecular weight is 297 g/mol. The van der Waals surface area contributed by atoms with Gasteiger partial charge in [-0.2, -0.15) is 0 Å². The van der Waals surface area contributed by atoms with Gasteiger partial charge in [-0.25, -0.2) is 4.98 Å². The van der Waals surface area contributed by atoms with Gasteiger partial charge in [0.15, 0.2) is 5.13 Å². The first kappa shape index (κ1) is 15.7. The lowest BCUT2D eigenvalue weighted by atomic mass is 9.99. The predicted octanol–water partition coefficient (Wildman–Crippen LogP) is 3.04. The number of hydrogen-bond donors (Lipinski definition) is 1. The van der Waals surface area contributed by atoms with E-state index in [-0.39, 0.29) is 0 Å². The highest BCUT2D eigenvalue weighted by atomic mass is 32.1. The van der Waals surface area contributed by atoms with E-state index in [2.05, 4.69) is 22.1 Å². The molecule has 0 amide bonds. The maximum absolute atomic E-state index is 5.04. The van der Waals surface area contributed by atoms with Crippen molar-refractivity contribution >= 4 is 16.5 Å². The van der Waals surface area contributed by atoms with E-state index < -0.39 is 0 Å². The van der Waals surface area contributed by atoms with E-state index in [0.717, 1.165) is 19.7 Å². The van der Waals surface area contributed by atoms with Crippen molar-refractivity contribution in [2.75, 3.05) is 31.7 Å². The fourth-order valence-corrected chi connectivity index (χ4v) is 3.76. The zero-order valence-corrected chi connectivity index (χ0v) is 13.5. The number of methoxy groups -OCH3 is 1. The highest BCUT2D eigenvalue weighted by Gasteiger charge is 2.23. The van der Waals surface area contributed by atoms with E-state index in [9.17, 15) is 0 Å². The van der Waals surface area contributed by atoms with Gasteiger partial charge in [0.05, 0.1) is 6.61 Å². The molecule has 0 bridgehead atoms. The molecular formula is C15H27N3OS. The molecule has 5 heteroatoms. The molecular weight excluding hydrogens is 270 g/mol. The third-order valence-corrected chi connectivity index (χ3v) is 4.85. The van der Waals surface area contributed by atoms with E-state index in [4.69, 9.17) is 4.74 Å². The Labute approximate surface area is 126 Å². The second-order valence-corrected chi connectivity index (χ2v) is 6.50. The van der Waals surface area contributed by atoms with Crippen LogP contribution in [0.2, 0.25) is 0 Å². The van der Waals surface area contributed by atoms with Gasteiger partial charge in [-0.05, 0) is 25.7 Å². The Balaban J connectivity index is 1.89. The van der Waals surface area contributed by atoms with E-state index in [0.29, 0.717) is 6.04 Å². The van der Waals surface area contributed by atoms with Crippen LogP contribution >= 0.6 is 11.3 Å². The first-order chi connectivity index (χ1) is 9.85. The minimum atomic E-state index is 0.703. The molecule has 1 aliphatic rings. The smallest absolute Gasteiger partial charge is 0.185 e. The number of thiazole rings is 1. The molecule has 1 aromatic heterocycles. The minimum Gasteiger partial charge on any atom is -0.383 e. The molecule has 0 radical (unpaired) electrons. The number of nitrogens with one attached hydrogen (secondary N) is 1. The van der Waals surface area contributed by atoms with Crippen LogP contribution in [0.15, 0.2) is 6.20 Å². The summed E-state index contributed by atoms with van der Waals surface area (Å²) >= 11 is 1.84. The summed E-state index contributed by atoms with van der Waals surface area (Å²) in [5.41, 5.74) is 0. The van der Waals surface area contributed by atoms with Crippen LogP contribution in [0.1, 0.15) is 43.9 Å². The molecule has 1 atom stereocenters. The van der Waals surface area contributed by atoms with Crippen molar-refractivity contribution in [1.82, 2.24) is 10.3 Å². The van der Waals surface area contributed by atoms with Gasteiger partial charge >= 0.3 is 0 Å². The summed E-state index contributed by atoms with van der Waals surface area (Å²) < 4.78 is 5.04. The second-order valence-electron chi connectivity index (χ2n) is 5.41. The number of rotatable bonds is 8. The van der Waals surface area contributed by atoms with Crippen LogP contribution in [0.25, 0.3) is 0 Å². The lowest BCUT2D eigenvalue weighted by Crippen LogP contribution is -2.39. The standard InChI is InChI=1S/C15H27N3OS/c1-3-6-13-7-4-5-9-18(13)15-17-12-14(20-15)11-16-8-10-19-2/h12-13,16H,3-11H2,1-2H3. The van der Waals surface area contributed by atoms with Gasteiger partial charge in [-0.1, -0.05) is 13.3 Å². The zero-order valence-electron chi connectivity index (χ0n) is 12.7. The monoisotopic (exact) mass is 297 g/mol. The molecule has 1 unspecified atom stereocenters. The molecule has 4 nitrogen and oxygen atoms in total. The third-order valence-electron chi connectivity index (χ3n) is 3.82. The first-order valence-electron chi connectivity index (χ1n) is 7.76. The van der Waals surface area contributed by atoms with Crippen LogP contribution in [0.3, 0.4) is 0 Å². The van der Waals surface area contributed by atoms with Crippen LogP contribution in [-0.4, -0.2) is 37.8 Å². The van der Waals surface area contributed by atoms with Crippen molar-refractivity contribution in [3.05, 3.63) is 11.1 Å². The summed E-state index contributed by atoms with van der Waals surface area (Å²) in [6, 6.07) is 0.703. The van der Waals surface area contributed by atoms with Gasteiger partial charge in [0.25, 0.3) is 0 Å². The Morgan fingerprint density at radius 3 is 3.20 bits per heavy atom. The molecule has 0 aliphatic carbocycles. The maximum atomic E-state index is 5.04. The SMILES string of the molecule is CCCC1CCCCN1c1ncc(CNCCOC)s1. The largest absolute Gasteiger partial charge is 0.383 e. The summed E-state index contributed by atoms with van der Waals surface area (Å²) in [7, 11) is 1.73. The average Bonchev–Trinajstić information content (AvgIpc) is 2.93. The minimum absolute atomic E-state index is 0.703. The predicted molar refractivity (Wildman–Crippen MR) is 85.6 cm³/mol. The normalized spacial score (nSPS) is 19.5. The van der Waals surface area contributed by atoms with Crippen LogP contribution in [0.5, 0.6) is 0 Å². The number of aromatic nitrogens is 1. The Kier molecular flexibility index (Phi) is 6.76. The number of nitrogens with zero attached hydrogens (tertiary/aromatic N) is 2. The highest BCUT2D eigenvalue weighted by Crippen LogP contribution is 2.30. The van der Waals surface area contributed by atoms with Gasteiger partial charge in [-0.15, -0.1) is 11.3 Å². The Bertz CT molecular complexity index is 381. The molecule has 1 aliphatic heterocycles. The number of anilines is 1. The molecule has 2 heterocycles. The Morgan fingerprint density at radius 1 is 1.50 bits per heavy atom. The molecule has 20 heavy (non-hydrogen) atoms. The Hall–Kier alpha value is -0.650. The molecule has 0 spiro atoms. The zero-order chi connectivity index (χ0) is 14.2. The summed E-state index contributed by atoms with van der Waals surface area (Å²) in [5.74, 6) is 0. The number of ether oxygens (including phenoxy) is 1. The van der Waals surface area contributed by atoms with Crippen molar-refractivity contribution in [2.24, 2.45) is 0 Å². The van der Waals surface area contributed by atoms with Gasteiger partial charge in [0, 0.05) is 43.9 Å². The van der Waals surface area contributed by atoms with Crippen LogP contribution in [-0.2, 0) is 11.3 Å². The van der Waals surface area contributed by atoms with Crippen molar-refractivity contribution in [2.45, 2.75) is 51.6 Å². The first-order valence-corrected chi connectivity index (χ1v) is 8.57. The summed E-state index contributed by atoms with van der Waals surface area (Å²) in [6.45, 7) is 6.00. The molecule has 1 fully saturated rings. The molecule has 1 saturated heterocycles. The van der Waals surface area contributed by atoms with E-state index >= 15 is 0 Å². The van der Waals surface area contributed by atoms with Crippen molar-refractivity contribution in [3.63, 3.8) is 0 Å². The second kappa shape index (κ2) is 8.60. The third kappa shape index (κ3) is 4.43. The molecule has 0 aromatic carbocycles. The molecule has 1 N–H and O–H groups in total. The van der Waals surface area contributed by atoms with Crippen molar-refractivity contribution < 1.29 is 4.74 Å².